The van der Waals surface area contributed by atoms with E-state index in [2.05, 4.69) is 55.7 Å². The van der Waals surface area contributed by atoms with Crippen molar-refractivity contribution in [1.29, 1.82) is 0 Å². The maximum Gasteiger partial charge on any atom is 0.246 e. The summed E-state index contributed by atoms with van der Waals surface area (Å²) in [5, 5.41) is 6.42. The van der Waals surface area contributed by atoms with Crippen LogP contribution in [0, 0.1) is 5.92 Å². The second-order valence-electron chi connectivity index (χ2n) is 9.00. The number of carbonyl (C=O) groups excluding carboxylic acids is 2. The van der Waals surface area contributed by atoms with Crippen molar-refractivity contribution in [1.82, 2.24) is 15.5 Å². The lowest BCUT2D eigenvalue weighted by atomic mass is 9.87. The monoisotopic (exact) mass is 357 g/mol. The Morgan fingerprint density at radius 1 is 1.19 bits per heavy atom. The van der Waals surface area contributed by atoms with E-state index in [-0.39, 0.29) is 41.3 Å². The fourth-order valence-electron chi connectivity index (χ4n) is 3.80. The van der Waals surface area contributed by atoms with E-state index in [4.69, 9.17) is 0 Å². The topological polar surface area (TPSA) is 61.4 Å². The summed E-state index contributed by atoms with van der Waals surface area (Å²) in [7, 11) is 0. The second-order valence-corrected chi connectivity index (χ2v) is 9.00. The molecule has 142 valence electrons. The number of piperazine rings is 1. The Bertz CT molecular complexity index is 675. The lowest BCUT2D eigenvalue weighted by molar-refractivity contribution is -0.148. The van der Waals surface area contributed by atoms with E-state index >= 15 is 0 Å². The van der Waals surface area contributed by atoms with Crippen molar-refractivity contribution in [3.63, 3.8) is 0 Å². The fourth-order valence-corrected chi connectivity index (χ4v) is 3.80. The number of benzene rings is 1. The Labute approximate surface area is 156 Å². The van der Waals surface area contributed by atoms with Crippen molar-refractivity contribution < 1.29 is 9.59 Å². The first kappa shape index (κ1) is 18.9. The van der Waals surface area contributed by atoms with Crippen LogP contribution in [0.3, 0.4) is 0 Å². The molecule has 26 heavy (non-hydrogen) atoms. The number of nitrogens with one attached hydrogen (secondary N) is 2. The van der Waals surface area contributed by atoms with Gasteiger partial charge in [0.15, 0.2) is 0 Å². The first-order valence-electron chi connectivity index (χ1n) is 9.60. The van der Waals surface area contributed by atoms with Crippen molar-refractivity contribution in [2.24, 2.45) is 5.92 Å². The molecule has 0 saturated carbocycles. The van der Waals surface area contributed by atoms with Gasteiger partial charge in [-0.3, -0.25) is 9.59 Å². The maximum atomic E-state index is 12.6. The van der Waals surface area contributed by atoms with Gasteiger partial charge in [0.05, 0.1) is 0 Å². The van der Waals surface area contributed by atoms with E-state index in [1.54, 1.807) is 4.90 Å². The van der Waals surface area contributed by atoms with Crippen LogP contribution >= 0.6 is 0 Å². The molecule has 0 bridgehead atoms. The van der Waals surface area contributed by atoms with Crippen LogP contribution in [0.5, 0.6) is 0 Å². The van der Waals surface area contributed by atoms with Gasteiger partial charge in [0.25, 0.3) is 0 Å². The van der Waals surface area contributed by atoms with Crippen molar-refractivity contribution in [2.75, 3.05) is 6.54 Å². The van der Waals surface area contributed by atoms with Gasteiger partial charge in [-0.25, -0.2) is 0 Å². The van der Waals surface area contributed by atoms with Crippen LogP contribution in [0.4, 0.5) is 0 Å². The number of hydrogen-bond donors (Lipinski definition) is 2. The number of nitrogens with zero attached hydrogens (tertiary/aromatic N) is 1. The molecule has 0 unspecified atom stereocenters. The third kappa shape index (κ3) is 3.78. The smallest absolute Gasteiger partial charge is 0.246 e. The normalized spacial score (nSPS) is 26.2. The Hall–Kier alpha value is -1.88. The summed E-state index contributed by atoms with van der Waals surface area (Å²) in [5.41, 5.74) is 2.70. The van der Waals surface area contributed by atoms with Gasteiger partial charge < -0.3 is 15.5 Å². The van der Waals surface area contributed by atoms with Crippen molar-refractivity contribution >= 4 is 11.8 Å². The lowest BCUT2D eigenvalue weighted by Crippen LogP contribution is -2.62. The molecule has 0 radical (unpaired) electrons. The average Bonchev–Trinajstić information content (AvgIpc) is 3.01. The zero-order valence-electron chi connectivity index (χ0n) is 16.5. The van der Waals surface area contributed by atoms with Crippen LogP contribution in [0.1, 0.15) is 52.2 Å². The molecule has 0 spiro atoms. The molecule has 0 aliphatic carbocycles. The summed E-state index contributed by atoms with van der Waals surface area (Å²) in [4.78, 5) is 26.8. The highest BCUT2D eigenvalue weighted by Gasteiger charge is 2.46. The molecular formula is C21H31N3O2. The van der Waals surface area contributed by atoms with Crippen molar-refractivity contribution in [3.05, 3.63) is 35.4 Å². The molecule has 3 atom stereocenters. The van der Waals surface area contributed by atoms with Gasteiger partial charge in [-0.15, -0.1) is 0 Å². The summed E-state index contributed by atoms with van der Waals surface area (Å²) in [5.74, 6) is 0.159. The highest BCUT2D eigenvalue weighted by atomic mass is 16.2. The Morgan fingerprint density at radius 3 is 2.42 bits per heavy atom. The van der Waals surface area contributed by atoms with Gasteiger partial charge >= 0.3 is 0 Å². The minimum Gasteiger partial charge on any atom is -0.342 e. The minimum absolute atomic E-state index is 0.0119. The summed E-state index contributed by atoms with van der Waals surface area (Å²) in [6.45, 7) is 11.9. The number of amides is 2. The third-order valence-electron chi connectivity index (χ3n) is 5.53. The quantitative estimate of drug-likeness (QED) is 0.868. The summed E-state index contributed by atoms with van der Waals surface area (Å²) < 4.78 is 0. The number of fused-ring (bicyclic) bond motifs is 1. The van der Waals surface area contributed by atoms with Crippen LogP contribution in [-0.2, 0) is 21.5 Å². The predicted octanol–water partition coefficient (Wildman–Crippen LogP) is 2.20. The Balaban J connectivity index is 1.59. The third-order valence-corrected chi connectivity index (χ3v) is 5.53. The zero-order chi connectivity index (χ0) is 19.1. The highest BCUT2D eigenvalue weighted by Crippen LogP contribution is 2.25. The van der Waals surface area contributed by atoms with Crippen molar-refractivity contribution in [3.8, 4) is 0 Å². The summed E-state index contributed by atoms with van der Waals surface area (Å²) in [6, 6.07) is 8.12. The number of hydrogen-bond acceptors (Lipinski definition) is 3. The van der Waals surface area contributed by atoms with Gasteiger partial charge in [-0.1, -0.05) is 58.9 Å². The molecule has 1 aromatic carbocycles. The highest BCUT2D eigenvalue weighted by molar-refractivity contribution is 5.97. The largest absolute Gasteiger partial charge is 0.342 e. The first-order valence-corrected chi connectivity index (χ1v) is 9.60. The van der Waals surface area contributed by atoms with Crippen molar-refractivity contribution in [2.45, 2.75) is 71.1 Å². The Kier molecular flexibility index (Phi) is 5.11. The lowest BCUT2D eigenvalue weighted by Gasteiger charge is -2.36. The van der Waals surface area contributed by atoms with Crippen LogP contribution in [0.2, 0.25) is 0 Å². The molecule has 2 aliphatic heterocycles. The standard InChI is InChI=1S/C21H31N3O2/c1-13(2)18-20(26)24-12-16(10-17(24)19(25)23-18)22-11-14-6-8-15(9-7-14)21(3,4)5/h6-9,13,16-18,22H,10-12H2,1-5H3,(H,23,25)/t16-,17-,18-/m0/s1. The summed E-state index contributed by atoms with van der Waals surface area (Å²) >= 11 is 0. The molecule has 5 heteroatoms. The van der Waals surface area contributed by atoms with Gasteiger partial charge in [0, 0.05) is 19.1 Å². The van der Waals surface area contributed by atoms with E-state index in [0.29, 0.717) is 13.0 Å². The van der Waals surface area contributed by atoms with Crippen LogP contribution in [0.15, 0.2) is 24.3 Å². The molecule has 3 rings (SSSR count). The molecule has 5 nitrogen and oxygen atoms in total. The molecule has 2 saturated heterocycles. The zero-order valence-corrected chi connectivity index (χ0v) is 16.5. The van der Waals surface area contributed by atoms with E-state index in [9.17, 15) is 9.59 Å². The minimum atomic E-state index is -0.387. The molecule has 2 amide bonds. The maximum absolute atomic E-state index is 12.6. The Morgan fingerprint density at radius 2 is 1.85 bits per heavy atom. The molecule has 2 heterocycles. The SMILES string of the molecule is CC(C)[C@@H]1NC(=O)[C@@H]2C[C@H](NCc3ccc(C(C)(C)C)cc3)CN2C1=O. The van der Waals surface area contributed by atoms with Crippen LogP contribution in [-0.4, -0.2) is 41.4 Å². The number of rotatable bonds is 4. The molecule has 2 aliphatic rings. The molecular weight excluding hydrogens is 326 g/mol. The first-order chi connectivity index (χ1) is 12.2. The van der Waals surface area contributed by atoms with Crippen LogP contribution < -0.4 is 10.6 Å². The molecule has 2 fully saturated rings. The fraction of sp³-hybridized carbons (Fsp3) is 0.619. The van der Waals surface area contributed by atoms with Crippen LogP contribution in [0.25, 0.3) is 0 Å². The molecule has 0 aromatic heterocycles. The van der Waals surface area contributed by atoms with Gasteiger partial charge in [0.1, 0.15) is 12.1 Å². The van der Waals surface area contributed by atoms with Gasteiger partial charge in [0.2, 0.25) is 11.8 Å². The van der Waals surface area contributed by atoms with Gasteiger partial charge in [-0.2, -0.15) is 0 Å². The average molecular weight is 357 g/mol. The second kappa shape index (κ2) is 7.03. The number of carbonyl (C=O) groups is 2. The van der Waals surface area contributed by atoms with E-state index in [1.165, 1.54) is 11.1 Å². The van der Waals surface area contributed by atoms with Gasteiger partial charge in [-0.05, 0) is 28.9 Å². The van der Waals surface area contributed by atoms with E-state index < -0.39 is 0 Å². The molecule has 2 N–H and O–H groups in total. The van der Waals surface area contributed by atoms with E-state index in [1.807, 2.05) is 13.8 Å². The molecule has 1 aromatic rings. The van der Waals surface area contributed by atoms with E-state index in [0.717, 1.165) is 6.54 Å². The summed E-state index contributed by atoms with van der Waals surface area (Å²) in [6.07, 6.45) is 0.683. The predicted molar refractivity (Wildman–Crippen MR) is 103 cm³/mol.